The van der Waals surface area contributed by atoms with E-state index in [1.165, 1.54) is 11.8 Å². The summed E-state index contributed by atoms with van der Waals surface area (Å²) in [5.74, 6) is 1.08. The molecule has 3 aromatic rings. The lowest BCUT2D eigenvalue weighted by atomic mass is 10.2. The molecule has 1 amide bonds. The molecule has 0 spiro atoms. The van der Waals surface area contributed by atoms with Gasteiger partial charge >= 0.3 is 0 Å². The third-order valence-electron chi connectivity index (χ3n) is 3.88. The van der Waals surface area contributed by atoms with Crippen molar-refractivity contribution < 1.29 is 9.21 Å². The van der Waals surface area contributed by atoms with E-state index in [0.717, 1.165) is 15.6 Å². The van der Waals surface area contributed by atoms with Crippen molar-refractivity contribution >= 4 is 33.6 Å². The number of rotatable bonds is 7. The summed E-state index contributed by atoms with van der Waals surface area (Å²) in [5.41, 5.74) is 2.08. The van der Waals surface area contributed by atoms with Crippen LogP contribution in [-0.2, 0) is 11.3 Å². The second-order valence-electron chi connectivity index (χ2n) is 5.68. The molecule has 0 fully saturated rings. The fourth-order valence-corrected chi connectivity index (χ4v) is 3.44. The van der Waals surface area contributed by atoms with Gasteiger partial charge in [0.15, 0.2) is 5.76 Å². The van der Waals surface area contributed by atoms with Gasteiger partial charge in [-0.15, -0.1) is 0 Å². The third kappa shape index (κ3) is 4.99. The minimum Gasteiger partial charge on any atom is -0.431 e. The Kier molecular flexibility index (Phi) is 6.52. The molecule has 0 radical (unpaired) electrons. The van der Waals surface area contributed by atoms with Gasteiger partial charge in [0, 0.05) is 23.1 Å². The molecule has 134 valence electrons. The lowest BCUT2D eigenvalue weighted by Crippen LogP contribution is -2.31. The van der Waals surface area contributed by atoms with E-state index in [4.69, 9.17) is 4.42 Å². The predicted molar refractivity (Wildman–Crippen MR) is 108 cm³/mol. The molecule has 0 aliphatic heterocycles. The van der Waals surface area contributed by atoms with E-state index in [1.54, 1.807) is 6.20 Å². The lowest BCUT2D eigenvalue weighted by Gasteiger charge is -2.20. The summed E-state index contributed by atoms with van der Waals surface area (Å²) < 4.78 is 6.77. The SMILES string of the molecule is CCN(Cc1ccccc1)C(=O)CSc1ncc(-c2ccc(Br)cc2)o1. The Balaban J connectivity index is 1.57. The van der Waals surface area contributed by atoms with Crippen LogP contribution in [0.15, 0.2) is 74.9 Å². The van der Waals surface area contributed by atoms with E-state index in [-0.39, 0.29) is 5.91 Å². The highest BCUT2D eigenvalue weighted by Crippen LogP contribution is 2.26. The first-order valence-corrected chi connectivity index (χ1v) is 10.1. The summed E-state index contributed by atoms with van der Waals surface area (Å²) in [6.07, 6.45) is 1.69. The number of benzene rings is 2. The number of aromatic nitrogens is 1. The molecule has 3 rings (SSSR count). The zero-order chi connectivity index (χ0) is 18.4. The molecule has 1 aromatic heterocycles. The fraction of sp³-hybridized carbons (Fsp3) is 0.200. The summed E-state index contributed by atoms with van der Waals surface area (Å²) in [4.78, 5) is 18.6. The van der Waals surface area contributed by atoms with Gasteiger partial charge in [-0.2, -0.15) is 0 Å². The normalized spacial score (nSPS) is 10.7. The van der Waals surface area contributed by atoms with E-state index < -0.39 is 0 Å². The number of thioether (sulfide) groups is 1. The zero-order valence-corrected chi connectivity index (χ0v) is 16.8. The Morgan fingerprint density at radius 2 is 1.88 bits per heavy atom. The molecule has 1 heterocycles. The van der Waals surface area contributed by atoms with Crippen molar-refractivity contribution in [3.8, 4) is 11.3 Å². The molecule has 0 N–H and O–H groups in total. The monoisotopic (exact) mass is 430 g/mol. The second kappa shape index (κ2) is 9.05. The van der Waals surface area contributed by atoms with Gasteiger partial charge in [-0.1, -0.05) is 70.2 Å². The molecule has 26 heavy (non-hydrogen) atoms. The number of hydrogen-bond acceptors (Lipinski definition) is 4. The summed E-state index contributed by atoms with van der Waals surface area (Å²) in [7, 11) is 0. The summed E-state index contributed by atoms with van der Waals surface area (Å²) in [6.45, 7) is 3.28. The summed E-state index contributed by atoms with van der Waals surface area (Å²) >= 11 is 4.74. The van der Waals surface area contributed by atoms with Gasteiger partial charge in [0.25, 0.3) is 5.22 Å². The van der Waals surface area contributed by atoms with Crippen molar-refractivity contribution in [2.45, 2.75) is 18.7 Å². The number of nitrogens with zero attached hydrogens (tertiary/aromatic N) is 2. The fourth-order valence-electron chi connectivity index (χ4n) is 2.47. The largest absolute Gasteiger partial charge is 0.431 e. The van der Waals surface area contributed by atoms with E-state index in [9.17, 15) is 4.79 Å². The summed E-state index contributed by atoms with van der Waals surface area (Å²) in [5, 5.41) is 0.507. The molecular formula is C20H19BrN2O2S. The van der Waals surface area contributed by atoms with Crippen molar-refractivity contribution in [1.29, 1.82) is 0 Å². The van der Waals surface area contributed by atoms with Crippen molar-refractivity contribution in [3.05, 3.63) is 70.8 Å². The maximum Gasteiger partial charge on any atom is 0.256 e. The van der Waals surface area contributed by atoms with Gasteiger partial charge in [0.05, 0.1) is 11.9 Å². The van der Waals surface area contributed by atoms with Crippen LogP contribution in [0.3, 0.4) is 0 Å². The Bertz CT molecular complexity index is 850. The minimum atomic E-state index is 0.0738. The highest BCUT2D eigenvalue weighted by atomic mass is 79.9. The smallest absolute Gasteiger partial charge is 0.256 e. The topological polar surface area (TPSA) is 46.3 Å². The van der Waals surface area contributed by atoms with Gasteiger partial charge in [0.1, 0.15) is 0 Å². The number of oxazole rings is 1. The van der Waals surface area contributed by atoms with Crippen LogP contribution in [0.2, 0.25) is 0 Å². The predicted octanol–water partition coefficient (Wildman–Crippen LogP) is 5.24. The van der Waals surface area contributed by atoms with Crippen LogP contribution in [-0.4, -0.2) is 28.1 Å². The van der Waals surface area contributed by atoms with Gasteiger partial charge in [-0.25, -0.2) is 4.98 Å². The molecule has 0 atom stereocenters. The number of halogens is 1. The van der Waals surface area contributed by atoms with Gasteiger partial charge in [-0.05, 0) is 24.6 Å². The first-order valence-electron chi connectivity index (χ1n) is 8.32. The highest BCUT2D eigenvalue weighted by Gasteiger charge is 2.15. The first kappa shape index (κ1) is 18.7. The van der Waals surface area contributed by atoms with Crippen LogP contribution in [0.4, 0.5) is 0 Å². The average molecular weight is 431 g/mol. The van der Waals surface area contributed by atoms with Crippen molar-refractivity contribution in [2.75, 3.05) is 12.3 Å². The maximum absolute atomic E-state index is 12.5. The van der Waals surface area contributed by atoms with Crippen molar-refractivity contribution in [1.82, 2.24) is 9.88 Å². The average Bonchev–Trinajstić information content (AvgIpc) is 3.14. The Morgan fingerprint density at radius 3 is 2.58 bits per heavy atom. The van der Waals surface area contributed by atoms with Crippen LogP contribution in [0, 0.1) is 0 Å². The Morgan fingerprint density at radius 1 is 1.15 bits per heavy atom. The molecule has 4 nitrogen and oxygen atoms in total. The zero-order valence-electron chi connectivity index (χ0n) is 14.4. The third-order valence-corrected chi connectivity index (χ3v) is 5.24. The Labute approximate surface area is 165 Å². The minimum absolute atomic E-state index is 0.0738. The van der Waals surface area contributed by atoms with Crippen LogP contribution < -0.4 is 0 Å². The molecule has 0 unspecified atom stereocenters. The highest BCUT2D eigenvalue weighted by molar-refractivity contribution is 9.10. The number of amides is 1. The van der Waals surface area contributed by atoms with E-state index >= 15 is 0 Å². The van der Waals surface area contributed by atoms with Crippen LogP contribution >= 0.6 is 27.7 Å². The molecule has 6 heteroatoms. The number of carbonyl (C=O) groups is 1. The molecular weight excluding hydrogens is 412 g/mol. The van der Waals surface area contributed by atoms with Crippen LogP contribution in [0.1, 0.15) is 12.5 Å². The lowest BCUT2D eigenvalue weighted by molar-refractivity contribution is -0.128. The molecule has 0 bridgehead atoms. The first-order chi connectivity index (χ1) is 12.7. The van der Waals surface area contributed by atoms with Gasteiger partial charge in [0.2, 0.25) is 5.91 Å². The van der Waals surface area contributed by atoms with Crippen LogP contribution in [0.5, 0.6) is 0 Å². The second-order valence-corrected chi connectivity index (χ2v) is 7.52. The van der Waals surface area contributed by atoms with Crippen molar-refractivity contribution in [2.24, 2.45) is 0 Å². The number of carbonyl (C=O) groups excluding carboxylic acids is 1. The van der Waals surface area contributed by atoms with E-state index in [1.807, 2.05) is 66.4 Å². The van der Waals surface area contributed by atoms with Gasteiger partial charge < -0.3 is 9.32 Å². The molecule has 0 saturated carbocycles. The molecule has 2 aromatic carbocycles. The quantitative estimate of drug-likeness (QED) is 0.480. The van der Waals surface area contributed by atoms with Crippen LogP contribution in [0.25, 0.3) is 11.3 Å². The molecule has 0 saturated heterocycles. The number of hydrogen-bond donors (Lipinski definition) is 0. The summed E-state index contributed by atoms with van der Waals surface area (Å²) in [6, 6.07) is 17.8. The Hall–Kier alpha value is -2.05. The maximum atomic E-state index is 12.5. The van der Waals surface area contributed by atoms with Gasteiger partial charge in [-0.3, -0.25) is 4.79 Å². The standard InChI is InChI=1S/C20H19BrN2O2S/c1-2-23(13-15-6-4-3-5-7-15)19(24)14-26-20-22-12-18(25-20)16-8-10-17(21)11-9-16/h3-12H,2,13-14H2,1H3. The molecule has 0 aliphatic rings. The van der Waals surface area contributed by atoms with E-state index in [2.05, 4.69) is 20.9 Å². The van der Waals surface area contributed by atoms with Crippen molar-refractivity contribution in [3.63, 3.8) is 0 Å². The van der Waals surface area contributed by atoms with E-state index in [0.29, 0.717) is 29.8 Å². The molecule has 0 aliphatic carbocycles.